The van der Waals surface area contributed by atoms with Gasteiger partial charge in [0.25, 0.3) is 0 Å². The van der Waals surface area contributed by atoms with Crippen LogP contribution in [-0.4, -0.2) is 0 Å². The monoisotopic (exact) mass is 261 g/mol. The fourth-order valence-corrected chi connectivity index (χ4v) is 2.71. The Kier molecular flexibility index (Phi) is 2.96. The van der Waals surface area contributed by atoms with Gasteiger partial charge in [-0.1, -0.05) is 23.7 Å². The summed E-state index contributed by atoms with van der Waals surface area (Å²) in [6.45, 7) is 0. The van der Waals surface area contributed by atoms with Crippen LogP contribution in [0.1, 0.15) is 23.6 Å². The summed E-state index contributed by atoms with van der Waals surface area (Å²) in [7, 11) is 0. The molecule has 0 amide bonds. The van der Waals surface area contributed by atoms with Gasteiger partial charge < -0.3 is 5.32 Å². The summed E-state index contributed by atoms with van der Waals surface area (Å²) in [4.78, 5) is 0. The van der Waals surface area contributed by atoms with Crippen molar-refractivity contribution >= 4 is 17.3 Å². The van der Waals surface area contributed by atoms with Gasteiger partial charge in [-0.25, -0.2) is 4.39 Å². The molecular formula is C15H13ClFN. The second-order valence-corrected chi connectivity index (χ2v) is 5.03. The smallest absolute Gasteiger partial charge is 0.123 e. The van der Waals surface area contributed by atoms with Crippen LogP contribution in [0.5, 0.6) is 0 Å². The van der Waals surface area contributed by atoms with E-state index in [9.17, 15) is 4.39 Å². The van der Waals surface area contributed by atoms with E-state index < -0.39 is 0 Å². The highest BCUT2D eigenvalue weighted by Crippen LogP contribution is 2.34. The zero-order valence-electron chi connectivity index (χ0n) is 9.79. The van der Waals surface area contributed by atoms with Crippen molar-refractivity contribution in [2.45, 2.75) is 18.9 Å². The Balaban J connectivity index is 1.85. The minimum Gasteiger partial charge on any atom is -0.378 e. The van der Waals surface area contributed by atoms with Gasteiger partial charge in [0.2, 0.25) is 0 Å². The third-order valence-corrected chi connectivity index (χ3v) is 3.58. The Labute approximate surface area is 111 Å². The highest BCUT2D eigenvalue weighted by atomic mass is 35.5. The first-order valence-electron chi connectivity index (χ1n) is 6.03. The number of anilines is 1. The second-order valence-electron chi connectivity index (χ2n) is 4.59. The predicted octanol–water partition coefficient (Wildman–Crippen LogP) is 4.58. The largest absolute Gasteiger partial charge is 0.378 e. The Morgan fingerprint density at radius 1 is 1.17 bits per heavy atom. The maximum absolute atomic E-state index is 13.1. The van der Waals surface area contributed by atoms with Crippen molar-refractivity contribution in [3.05, 3.63) is 64.4 Å². The standard InChI is InChI=1S/C15H13ClFN/c16-11-2-1-3-13(9-11)18-15-7-4-10-8-12(17)5-6-14(10)15/h1-3,5-6,8-9,15,18H,4,7H2. The van der Waals surface area contributed by atoms with E-state index in [0.717, 1.165) is 29.1 Å². The van der Waals surface area contributed by atoms with Crippen molar-refractivity contribution in [3.63, 3.8) is 0 Å². The summed E-state index contributed by atoms with van der Waals surface area (Å²) >= 11 is 5.96. The normalized spacial score (nSPS) is 17.6. The number of fused-ring (bicyclic) bond motifs is 1. The summed E-state index contributed by atoms with van der Waals surface area (Å²) in [5, 5.41) is 4.17. The van der Waals surface area contributed by atoms with Crippen molar-refractivity contribution in [2.75, 3.05) is 5.32 Å². The molecule has 0 aromatic heterocycles. The van der Waals surface area contributed by atoms with Crippen molar-refractivity contribution in [2.24, 2.45) is 0 Å². The van der Waals surface area contributed by atoms with E-state index in [2.05, 4.69) is 5.32 Å². The van der Waals surface area contributed by atoms with Gasteiger partial charge >= 0.3 is 0 Å². The first-order valence-corrected chi connectivity index (χ1v) is 6.40. The van der Waals surface area contributed by atoms with Gasteiger partial charge in [0, 0.05) is 10.7 Å². The minimum absolute atomic E-state index is 0.155. The molecule has 0 saturated carbocycles. The molecule has 1 nitrogen and oxygen atoms in total. The van der Waals surface area contributed by atoms with Crippen LogP contribution in [0.15, 0.2) is 42.5 Å². The number of nitrogens with one attached hydrogen (secondary N) is 1. The van der Waals surface area contributed by atoms with Crippen molar-refractivity contribution < 1.29 is 4.39 Å². The topological polar surface area (TPSA) is 12.0 Å². The molecule has 0 fully saturated rings. The van der Waals surface area contributed by atoms with E-state index in [4.69, 9.17) is 11.6 Å². The lowest BCUT2D eigenvalue weighted by molar-refractivity contribution is 0.626. The highest BCUT2D eigenvalue weighted by Gasteiger charge is 2.22. The highest BCUT2D eigenvalue weighted by molar-refractivity contribution is 6.30. The number of rotatable bonds is 2. The summed E-state index contributed by atoms with van der Waals surface area (Å²) < 4.78 is 13.1. The lowest BCUT2D eigenvalue weighted by Crippen LogP contribution is -2.06. The van der Waals surface area contributed by atoms with Gasteiger partial charge in [0.15, 0.2) is 0 Å². The maximum Gasteiger partial charge on any atom is 0.123 e. The zero-order chi connectivity index (χ0) is 12.5. The Bertz CT molecular complexity index is 582. The number of aryl methyl sites for hydroxylation is 1. The van der Waals surface area contributed by atoms with Crippen LogP contribution in [0.25, 0.3) is 0 Å². The molecule has 0 aliphatic heterocycles. The molecule has 1 unspecified atom stereocenters. The second kappa shape index (κ2) is 4.62. The molecule has 0 bridgehead atoms. The third kappa shape index (κ3) is 2.21. The molecule has 1 N–H and O–H groups in total. The van der Waals surface area contributed by atoms with Crippen LogP contribution in [0.4, 0.5) is 10.1 Å². The first kappa shape index (κ1) is 11.5. The first-order chi connectivity index (χ1) is 8.72. The maximum atomic E-state index is 13.1. The lowest BCUT2D eigenvalue weighted by atomic mass is 10.1. The number of hydrogen-bond donors (Lipinski definition) is 1. The molecule has 0 radical (unpaired) electrons. The number of halogens is 2. The average Bonchev–Trinajstić information content (AvgIpc) is 2.72. The summed E-state index contributed by atoms with van der Waals surface area (Å²) in [5.74, 6) is -0.155. The van der Waals surface area contributed by atoms with E-state index in [1.807, 2.05) is 30.3 Å². The van der Waals surface area contributed by atoms with Crippen LogP contribution in [0.2, 0.25) is 5.02 Å². The average molecular weight is 262 g/mol. The molecule has 2 aromatic carbocycles. The summed E-state index contributed by atoms with van der Waals surface area (Å²) in [6.07, 6.45) is 1.91. The van der Waals surface area contributed by atoms with Gasteiger partial charge in [-0.2, -0.15) is 0 Å². The number of benzene rings is 2. The van der Waals surface area contributed by atoms with Crippen molar-refractivity contribution in [3.8, 4) is 0 Å². The van der Waals surface area contributed by atoms with E-state index in [-0.39, 0.29) is 11.9 Å². The van der Waals surface area contributed by atoms with E-state index in [0.29, 0.717) is 0 Å². The molecule has 0 spiro atoms. The molecule has 2 aromatic rings. The summed E-state index contributed by atoms with van der Waals surface area (Å²) in [6, 6.07) is 13.0. The molecule has 1 aliphatic rings. The molecule has 0 saturated heterocycles. The molecule has 1 atom stereocenters. The van der Waals surface area contributed by atoms with Gasteiger partial charge in [0.05, 0.1) is 6.04 Å². The predicted molar refractivity (Wildman–Crippen MR) is 72.5 cm³/mol. The zero-order valence-corrected chi connectivity index (χ0v) is 10.5. The van der Waals surface area contributed by atoms with E-state index >= 15 is 0 Å². The molecule has 1 aliphatic carbocycles. The van der Waals surface area contributed by atoms with Gasteiger partial charge in [-0.05, 0) is 54.3 Å². The van der Waals surface area contributed by atoms with Crippen molar-refractivity contribution in [1.82, 2.24) is 0 Å². The molecule has 18 heavy (non-hydrogen) atoms. The third-order valence-electron chi connectivity index (χ3n) is 3.35. The van der Waals surface area contributed by atoms with Crippen LogP contribution in [-0.2, 0) is 6.42 Å². The van der Waals surface area contributed by atoms with Crippen LogP contribution in [0, 0.1) is 5.82 Å². The van der Waals surface area contributed by atoms with Crippen molar-refractivity contribution in [1.29, 1.82) is 0 Å². The number of hydrogen-bond acceptors (Lipinski definition) is 1. The molecule has 92 valence electrons. The van der Waals surface area contributed by atoms with Gasteiger partial charge in [-0.15, -0.1) is 0 Å². The van der Waals surface area contributed by atoms with Gasteiger partial charge in [-0.3, -0.25) is 0 Å². The molecule has 3 rings (SSSR count). The van der Waals surface area contributed by atoms with Crippen LogP contribution < -0.4 is 5.32 Å². The van der Waals surface area contributed by atoms with Crippen LogP contribution in [0.3, 0.4) is 0 Å². The Morgan fingerprint density at radius 2 is 2.06 bits per heavy atom. The minimum atomic E-state index is -0.155. The van der Waals surface area contributed by atoms with Crippen LogP contribution >= 0.6 is 11.6 Å². The Morgan fingerprint density at radius 3 is 2.89 bits per heavy atom. The molecule has 0 heterocycles. The lowest BCUT2D eigenvalue weighted by Gasteiger charge is -2.15. The molecule has 3 heteroatoms. The fraction of sp³-hybridized carbons (Fsp3) is 0.200. The quantitative estimate of drug-likeness (QED) is 0.834. The van der Waals surface area contributed by atoms with Gasteiger partial charge in [0.1, 0.15) is 5.82 Å². The van der Waals surface area contributed by atoms with E-state index in [1.165, 1.54) is 11.6 Å². The van der Waals surface area contributed by atoms with E-state index in [1.54, 1.807) is 6.07 Å². The molecular weight excluding hydrogens is 249 g/mol. The summed E-state index contributed by atoms with van der Waals surface area (Å²) in [5.41, 5.74) is 3.30. The fourth-order valence-electron chi connectivity index (χ4n) is 2.52. The SMILES string of the molecule is Fc1ccc2c(c1)CCC2Nc1cccc(Cl)c1. The Hall–Kier alpha value is -1.54.